The largest absolute Gasteiger partial charge is 0.480 e. The van der Waals surface area contributed by atoms with Gasteiger partial charge in [0.1, 0.15) is 6.04 Å². The third-order valence-electron chi connectivity index (χ3n) is 2.08. The van der Waals surface area contributed by atoms with Gasteiger partial charge in [0, 0.05) is 14.2 Å². The molecule has 0 aliphatic heterocycles. The topological polar surface area (TPSA) is 78.9 Å². The van der Waals surface area contributed by atoms with Crippen molar-refractivity contribution < 1.29 is 19.4 Å². The Morgan fingerprint density at radius 3 is 2.47 bits per heavy atom. The molecule has 0 aromatic rings. The number of carboxylic acid groups (broad SMARTS) is 1. The van der Waals surface area contributed by atoms with E-state index in [1.807, 2.05) is 0 Å². The van der Waals surface area contributed by atoms with Gasteiger partial charge in [-0.15, -0.1) is 0 Å². The predicted molar refractivity (Wildman–Crippen MR) is 54.6 cm³/mol. The van der Waals surface area contributed by atoms with E-state index in [4.69, 9.17) is 9.84 Å². The van der Waals surface area contributed by atoms with E-state index in [9.17, 15) is 9.59 Å². The molecule has 88 valence electrons. The average molecular weight is 218 g/mol. The quantitative estimate of drug-likeness (QED) is 0.582. The molecule has 1 amide bonds. The van der Waals surface area contributed by atoms with Crippen molar-refractivity contribution >= 4 is 11.9 Å². The van der Waals surface area contributed by atoms with Gasteiger partial charge in [-0.3, -0.25) is 14.5 Å². The Bertz CT molecular complexity index is 220. The lowest BCUT2D eigenvalue weighted by atomic mass is 10.2. The lowest BCUT2D eigenvalue weighted by Crippen LogP contribution is -2.48. The molecule has 0 aliphatic carbocycles. The molecule has 0 aliphatic rings. The highest BCUT2D eigenvalue weighted by molar-refractivity contribution is 5.79. The zero-order valence-corrected chi connectivity index (χ0v) is 9.32. The maximum atomic E-state index is 11.1. The number of hydrogen-bond donors (Lipinski definition) is 2. The number of rotatable bonds is 7. The van der Waals surface area contributed by atoms with Crippen molar-refractivity contribution in [1.82, 2.24) is 10.2 Å². The van der Waals surface area contributed by atoms with Gasteiger partial charge < -0.3 is 15.2 Å². The second kappa shape index (κ2) is 7.19. The van der Waals surface area contributed by atoms with E-state index in [0.29, 0.717) is 6.54 Å². The average Bonchev–Trinajstić information content (AvgIpc) is 2.22. The molecule has 0 rings (SSSR count). The Hall–Kier alpha value is -1.14. The molecule has 0 bridgehead atoms. The normalized spacial score (nSPS) is 12.5. The van der Waals surface area contributed by atoms with Crippen molar-refractivity contribution in [1.29, 1.82) is 0 Å². The number of likely N-dealkylation sites (N-methyl/N-ethyl adjacent to an activating group) is 2. The van der Waals surface area contributed by atoms with Crippen LogP contribution >= 0.6 is 0 Å². The molecule has 0 saturated heterocycles. The molecule has 15 heavy (non-hydrogen) atoms. The molecule has 1 atom stereocenters. The number of carbonyl (C=O) groups excluding carboxylic acids is 1. The number of methoxy groups -OCH3 is 1. The Morgan fingerprint density at radius 2 is 2.13 bits per heavy atom. The van der Waals surface area contributed by atoms with Crippen LogP contribution in [0.5, 0.6) is 0 Å². The Balaban J connectivity index is 4.44. The fourth-order valence-corrected chi connectivity index (χ4v) is 1.20. The summed E-state index contributed by atoms with van der Waals surface area (Å²) in [5, 5.41) is 11.4. The number of nitrogens with zero attached hydrogens (tertiary/aromatic N) is 1. The van der Waals surface area contributed by atoms with Gasteiger partial charge in [0.05, 0.1) is 13.2 Å². The first-order chi connectivity index (χ1) is 7.06. The Morgan fingerprint density at radius 1 is 1.53 bits per heavy atom. The van der Waals surface area contributed by atoms with Crippen LogP contribution < -0.4 is 5.32 Å². The van der Waals surface area contributed by atoms with Crippen LogP contribution in [-0.2, 0) is 14.3 Å². The second-order valence-corrected chi connectivity index (χ2v) is 3.05. The Kier molecular flexibility index (Phi) is 6.64. The maximum absolute atomic E-state index is 11.1. The molecule has 0 heterocycles. The van der Waals surface area contributed by atoms with Crippen molar-refractivity contribution in [2.24, 2.45) is 0 Å². The molecule has 0 aromatic heterocycles. The first-order valence-corrected chi connectivity index (χ1v) is 4.73. The standard InChI is InChI=1S/C9H18N2O4/c1-4-11(5-8(12)10-2)7(6-15-3)9(13)14/h7H,4-6H2,1-3H3,(H,10,12)(H,13,14). The number of carboxylic acids is 1. The Labute approximate surface area is 89.2 Å². The molecule has 6 nitrogen and oxygen atoms in total. The van der Waals surface area contributed by atoms with Gasteiger partial charge in [0.15, 0.2) is 0 Å². The van der Waals surface area contributed by atoms with Crippen LogP contribution in [0.1, 0.15) is 6.92 Å². The predicted octanol–water partition coefficient (Wildman–Crippen LogP) is -0.846. The van der Waals surface area contributed by atoms with Crippen LogP contribution in [0, 0.1) is 0 Å². The molecule has 1 unspecified atom stereocenters. The summed E-state index contributed by atoms with van der Waals surface area (Å²) >= 11 is 0. The first kappa shape index (κ1) is 13.9. The van der Waals surface area contributed by atoms with Gasteiger partial charge in [-0.2, -0.15) is 0 Å². The molecule has 6 heteroatoms. The summed E-state index contributed by atoms with van der Waals surface area (Å²) < 4.78 is 4.81. The van der Waals surface area contributed by atoms with Crippen molar-refractivity contribution in [2.75, 3.05) is 33.9 Å². The van der Waals surface area contributed by atoms with E-state index in [1.165, 1.54) is 14.2 Å². The summed E-state index contributed by atoms with van der Waals surface area (Å²) in [4.78, 5) is 23.6. The molecule has 0 aromatic carbocycles. The minimum absolute atomic E-state index is 0.0628. The van der Waals surface area contributed by atoms with Crippen LogP contribution in [-0.4, -0.2) is 61.8 Å². The highest BCUT2D eigenvalue weighted by Gasteiger charge is 2.25. The summed E-state index contributed by atoms with van der Waals surface area (Å²) in [6.45, 7) is 2.41. The van der Waals surface area contributed by atoms with E-state index >= 15 is 0 Å². The van der Waals surface area contributed by atoms with Gasteiger partial charge in [-0.05, 0) is 6.54 Å². The second-order valence-electron chi connectivity index (χ2n) is 3.05. The van der Waals surface area contributed by atoms with Gasteiger partial charge >= 0.3 is 5.97 Å². The van der Waals surface area contributed by atoms with Crippen molar-refractivity contribution in [2.45, 2.75) is 13.0 Å². The SMILES string of the molecule is CCN(CC(=O)NC)C(COC)C(=O)O. The first-order valence-electron chi connectivity index (χ1n) is 4.73. The minimum Gasteiger partial charge on any atom is -0.480 e. The maximum Gasteiger partial charge on any atom is 0.323 e. The fourth-order valence-electron chi connectivity index (χ4n) is 1.20. The van der Waals surface area contributed by atoms with Crippen molar-refractivity contribution in [3.8, 4) is 0 Å². The summed E-state index contributed by atoms with van der Waals surface area (Å²) in [6.07, 6.45) is 0. The molecule has 2 N–H and O–H groups in total. The zero-order chi connectivity index (χ0) is 11.8. The number of ether oxygens (including phenoxy) is 1. The molecular weight excluding hydrogens is 200 g/mol. The third-order valence-corrected chi connectivity index (χ3v) is 2.08. The van der Waals surface area contributed by atoms with E-state index in [-0.39, 0.29) is 19.1 Å². The molecule has 0 fully saturated rings. The fraction of sp³-hybridized carbons (Fsp3) is 0.778. The number of nitrogens with one attached hydrogen (secondary N) is 1. The zero-order valence-electron chi connectivity index (χ0n) is 9.32. The van der Waals surface area contributed by atoms with E-state index in [0.717, 1.165) is 0 Å². The summed E-state index contributed by atoms with van der Waals surface area (Å²) in [7, 11) is 2.95. The van der Waals surface area contributed by atoms with Gasteiger partial charge in [-0.25, -0.2) is 0 Å². The number of hydrogen-bond acceptors (Lipinski definition) is 4. The third kappa shape index (κ3) is 4.75. The highest BCUT2D eigenvalue weighted by atomic mass is 16.5. The van der Waals surface area contributed by atoms with E-state index < -0.39 is 12.0 Å². The van der Waals surface area contributed by atoms with Crippen LogP contribution in [0.15, 0.2) is 0 Å². The van der Waals surface area contributed by atoms with Crippen LogP contribution in [0.4, 0.5) is 0 Å². The van der Waals surface area contributed by atoms with Gasteiger partial charge in [-0.1, -0.05) is 6.92 Å². The summed E-state index contributed by atoms with van der Waals surface area (Å²) in [5.41, 5.74) is 0. The highest BCUT2D eigenvalue weighted by Crippen LogP contribution is 2.00. The van der Waals surface area contributed by atoms with Crippen LogP contribution in [0.25, 0.3) is 0 Å². The monoisotopic (exact) mass is 218 g/mol. The molecule has 0 saturated carbocycles. The lowest BCUT2D eigenvalue weighted by Gasteiger charge is -2.25. The van der Waals surface area contributed by atoms with Crippen LogP contribution in [0.3, 0.4) is 0 Å². The van der Waals surface area contributed by atoms with E-state index in [2.05, 4.69) is 5.32 Å². The lowest BCUT2D eigenvalue weighted by molar-refractivity contribution is -0.145. The van der Waals surface area contributed by atoms with Crippen molar-refractivity contribution in [3.63, 3.8) is 0 Å². The number of amides is 1. The van der Waals surface area contributed by atoms with Gasteiger partial charge in [0.25, 0.3) is 0 Å². The summed E-state index contributed by atoms with van der Waals surface area (Å²) in [6, 6.07) is -0.780. The van der Waals surface area contributed by atoms with Crippen molar-refractivity contribution in [3.05, 3.63) is 0 Å². The molecular formula is C9H18N2O4. The molecule has 0 radical (unpaired) electrons. The number of carbonyl (C=O) groups is 2. The molecule has 0 spiro atoms. The summed E-state index contributed by atoms with van der Waals surface area (Å²) in [5.74, 6) is -1.19. The smallest absolute Gasteiger partial charge is 0.323 e. The minimum atomic E-state index is -0.984. The number of aliphatic carboxylic acids is 1. The van der Waals surface area contributed by atoms with Crippen LogP contribution in [0.2, 0.25) is 0 Å². The van der Waals surface area contributed by atoms with Gasteiger partial charge in [0.2, 0.25) is 5.91 Å². The van der Waals surface area contributed by atoms with E-state index in [1.54, 1.807) is 11.8 Å².